The summed E-state index contributed by atoms with van der Waals surface area (Å²) in [6.45, 7) is 9.39. The highest BCUT2D eigenvalue weighted by Crippen LogP contribution is 2.36. The Kier molecular flexibility index (Phi) is 7.00. The fraction of sp³-hybridized carbons (Fsp3) is 0.591. The summed E-state index contributed by atoms with van der Waals surface area (Å²) in [5.41, 5.74) is -1.64. The first-order valence-corrected chi connectivity index (χ1v) is 10.1. The zero-order chi connectivity index (χ0) is 22.7. The van der Waals surface area contributed by atoms with Gasteiger partial charge in [0.05, 0.1) is 7.11 Å². The zero-order valence-corrected chi connectivity index (χ0v) is 18.5. The number of methoxy groups -OCH3 is 1. The van der Waals surface area contributed by atoms with Crippen LogP contribution in [0.3, 0.4) is 0 Å². The molecular formula is C22H32N2O6. The van der Waals surface area contributed by atoms with Gasteiger partial charge in [-0.3, -0.25) is 4.79 Å². The maximum Gasteiger partial charge on any atom is 0.408 e. The number of alkyl carbamates (subject to hydrolysis) is 1. The quantitative estimate of drug-likeness (QED) is 0.686. The first-order chi connectivity index (χ1) is 13.9. The number of rotatable bonds is 6. The molecule has 1 saturated heterocycles. The number of benzene rings is 1. The Morgan fingerprint density at radius 2 is 1.83 bits per heavy atom. The molecule has 0 aromatic heterocycles. The summed E-state index contributed by atoms with van der Waals surface area (Å²) >= 11 is 0. The standard InChI is InChI=1S/C22H32N2O6/c1-14(2)13-17(18(26)29-6)24-12-11-22(19(24)27,15-7-9-16(25)10-8-15)23-20(28)30-21(3,4)5/h7-10,14,17,25H,11-13H2,1-6H3,(H,23,28). The molecule has 1 aliphatic heterocycles. The lowest BCUT2D eigenvalue weighted by atomic mass is 9.88. The van der Waals surface area contributed by atoms with E-state index in [1.807, 2.05) is 13.8 Å². The van der Waals surface area contributed by atoms with E-state index in [0.29, 0.717) is 12.0 Å². The molecular weight excluding hydrogens is 388 g/mol. The molecule has 2 rings (SSSR count). The van der Waals surface area contributed by atoms with Crippen LogP contribution in [-0.4, -0.2) is 53.3 Å². The molecule has 2 amide bonds. The minimum atomic E-state index is -1.40. The molecule has 166 valence electrons. The Labute approximate surface area is 177 Å². The number of carbonyl (C=O) groups is 3. The summed E-state index contributed by atoms with van der Waals surface area (Å²) in [5, 5.41) is 12.4. The number of nitrogens with zero attached hydrogens (tertiary/aromatic N) is 1. The number of hydrogen-bond donors (Lipinski definition) is 2. The van der Waals surface area contributed by atoms with Crippen molar-refractivity contribution in [2.75, 3.05) is 13.7 Å². The third kappa shape index (κ3) is 5.23. The molecule has 0 spiro atoms. The molecule has 1 fully saturated rings. The van der Waals surface area contributed by atoms with Crippen LogP contribution in [0.15, 0.2) is 24.3 Å². The molecule has 2 N–H and O–H groups in total. The third-order valence-electron chi connectivity index (χ3n) is 4.97. The number of ether oxygens (including phenoxy) is 2. The molecule has 2 atom stereocenters. The van der Waals surface area contributed by atoms with E-state index in [-0.39, 0.29) is 24.6 Å². The topological polar surface area (TPSA) is 105 Å². The number of carbonyl (C=O) groups excluding carboxylic acids is 3. The number of hydrogen-bond acceptors (Lipinski definition) is 6. The maximum absolute atomic E-state index is 13.6. The largest absolute Gasteiger partial charge is 0.508 e. The second-order valence-electron chi connectivity index (χ2n) is 9.00. The summed E-state index contributed by atoms with van der Waals surface area (Å²) in [7, 11) is 1.29. The molecule has 2 unspecified atom stereocenters. The first-order valence-electron chi connectivity index (χ1n) is 10.1. The van der Waals surface area contributed by atoms with Crippen LogP contribution in [0.2, 0.25) is 0 Å². The van der Waals surface area contributed by atoms with Crippen LogP contribution >= 0.6 is 0 Å². The Morgan fingerprint density at radius 3 is 2.33 bits per heavy atom. The van der Waals surface area contributed by atoms with E-state index in [9.17, 15) is 19.5 Å². The number of esters is 1. The highest BCUT2D eigenvalue weighted by atomic mass is 16.6. The fourth-order valence-corrected chi connectivity index (χ4v) is 3.65. The van der Waals surface area contributed by atoms with Crippen molar-refractivity contribution in [3.05, 3.63) is 29.8 Å². The highest BCUT2D eigenvalue weighted by Gasteiger charge is 2.52. The average molecular weight is 421 g/mol. The third-order valence-corrected chi connectivity index (χ3v) is 4.97. The van der Waals surface area contributed by atoms with Gasteiger partial charge in [0.25, 0.3) is 5.91 Å². The zero-order valence-electron chi connectivity index (χ0n) is 18.5. The van der Waals surface area contributed by atoms with Gasteiger partial charge in [-0.05, 0) is 50.8 Å². The van der Waals surface area contributed by atoms with Crippen molar-refractivity contribution in [2.45, 2.75) is 64.6 Å². The predicted molar refractivity (Wildman–Crippen MR) is 111 cm³/mol. The number of amides is 2. The van der Waals surface area contributed by atoms with Crippen molar-refractivity contribution < 1.29 is 29.0 Å². The van der Waals surface area contributed by atoms with Gasteiger partial charge in [-0.25, -0.2) is 9.59 Å². The Morgan fingerprint density at radius 1 is 1.23 bits per heavy atom. The molecule has 8 heteroatoms. The van der Waals surface area contributed by atoms with Crippen molar-refractivity contribution in [2.24, 2.45) is 5.92 Å². The van der Waals surface area contributed by atoms with E-state index in [1.165, 1.54) is 24.1 Å². The summed E-state index contributed by atoms with van der Waals surface area (Å²) in [6, 6.07) is 5.33. The average Bonchev–Trinajstić information content (AvgIpc) is 2.95. The smallest absolute Gasteiger partial charge is 0.408 e. The monoisotopic (exact) mass is 420 g/mol. The lowest BCUT2D eigenvalue weighted by Crippen LogP contribution is -2.55. The van der Waals surface area contributed by atoms with Crippen LogP contribution < -0.4 is 5.32 Å². The van der Waals surface area contributed by atoms with E-state index in [1.54, 1.807) is 32.9 Å². The van der Waals surface area contributed by atoms with Crippen molar-refractivity contribution >= 4 is 18.0 Å². The number of phenols is 1. The molecule has 30 heavy (non-hydrogen) atoms. The number of aromatic hydroxyl groups is 1. The molecule has 1 aromatic carbocycles. The predicted octanol–water partition coefficient (Wildman–Crippen LogP) is 2.93. The van der Waals surface area contributed by atoms with Crippen molar-refractivity contribution in [1.29, 1.82) is 0 Å². The molecule has 0 saturated carbocycles. The Bertz CT molecular complexity index is 784. The van der Waals surface area contributed by atoms with Gasteiger partial charge in [0.15, 0.2) is 0 Å². The fourth-order valence-electron chi connectivity index (χ4n) is 3.65. The second-order valence-corrected chi connectivity index (χ2v) is 9.00. The van der Waals surface area contributed by atoms with Crippen molar-refractivity contribution in [1.82, 2.24) is 10.2 Å². The van der Waals surface area contributed by atoms with Gasteiger partial charge in [0.1, 0.15) is 22.9 Å². The van der Waals surface area contributed by atoms with E-state index in [4.69, 9.17) is 9.47 Å². The summed E-state index contributed by atoms with van der Waals surface area (Å²) in [6.07, 6.45) is -0.0398. The minimum absolute atomic E-state index is 0.0423. The second kappa shape index (κ2) is 8.93. The minimum Gasteiger partial charge on any atom is -0.508 e. The first kappa shape index (κ1) is 23.5. The molecule has 8 nitrogen and oxygen atoms in total. The molecule has 1 aromatic rings. The van der Waals surface area contributed by atoms with Gasteiger partial charge >= 0.3 is 12.1 Å². The lowest BCUT2D eigenvalue weighted by molar-refractivity contribution is -0.153. The van der Waals surface area contributed by atoms with Crippen LogP contribution in [-0.2, 0) is 24.6 Å². The van der Waals surface area contributed by atoms with Crippen LogP contribution in [0.4, 0.5) is 4.79 Å². The summed E-state index contributed by atoms with van der Waals surface area (Å²) in [5.74, 6) is -0.698. The Balaban J connectivity index is 2.44. The molecule has 0 bridgehead atoms. The molecule has 0 aliphatic carbocycles. The summed E-state index contributed by atoms with van der Waals surface area (Å²) in [4.78, 5) is 40.1. The van der Waals surface area contributed by atoms with E-state index in [2.05, 4.69) is 5.32 Å². The van der Waals surface area contributed by atoms with E-state index >= 15 is 0 Å². The van der Waals surface area contributed by atoms with Crippen molar-refractivity contribution in [3.63, 3.8) is 0 Å². The van der Waals surface area contributed by atoms with Crippen LogP contribution in [0.1, 0.15) is 53.0 Å². The van der Waals surface area contributed by atoms with Gasteiger partial charge in [-0.1, -0.05) is 26.0 Å². The molecule has 1 aliphatic rings. The number of phenolic OH excluding ortho intramolecular Hbond substituents is 1. The van der Waals surface area contributed by atoms with Crippen molar-refractivity contribution in [3.8, 4) is 5.75 Å². The van der Waals surface area contributed by atoms with E-state index in [0.717, 1.165) is 0 Å². The van der Waals surface area contributed by atoms with Crippen LogP contribution in [0, 0.1) is 5.92 Å². The maximum atomic E-state index is 13.6. The van der Waals surface area contributed by atoms with Gasteiger partial charge in [-0.15, -0.1) is 0 Å². The number of nitrogens with one attached hydrogen (secondary N) is 1. The summed E-state index contributed by atoms with van der Waals surface area (Å²) < 4.78 is 10.3. The number of likely N-dealkylation sites (tertiary alicyclic amines) is 1. The molecule has 0 radical (unpaired) electrons. The highest BCUT2D eigenvalue weighted by molar-refractivity contribution is 5.95. The normalized spacial score (nSPS) is 20.2. The van der Waals surface area contributed by atoms with Gasteiger partial charge in [-0.2, -0.15) is 0 Å². The Hall–Kier alpha value is -2.77. The van der Waals surface area contributed by atoms with Gasteiger partial charge in [0.2, 0.25) is 0 Å². The lowest BCUT2D eigenvalue weighted by Gasteiger charge is -2.33. The van der Waals surface area contributed by atoms with Gasteiger partial charge < -0.3 is 24.8 Å². The van der Waals surface area contributed by atoms with Crippen LogP contribution in [0.25, 0.3) is 0 Å². The SMILES string of the molecule is COC(=O)C(CC(C)C)N1CCC(NC(=O)OC(C)(C)C)(c2ccc(O)cc2)C1=O. The molecule has 1 heterocycles. The van der Waals surface area contributed by atoms with Crippen LogP contribution in [0.5, 0.6) is 5.75 Å². The van der Waals surface area contributed by atoms with E-state index < -0.39 is 35.2 Å². The van der Waals surface area contributed by atoms with Gasteiger partial charge in [0, 0.05) is 13.0 Å².